The van der Waals surface area contributed by atoms with Gasteiger partial charge in [-0.25, -0.2) is 24.0 Å². The number of ether oxygens (including phenoxy) is 3. The largest absolute Gasteiger partial charge is 0.496 e. The zero-order valence-electron chi connectivity index (χ0n) is 25.7. The molecule has 4 N–H and O–H groups in total. The van der Waals surface area contributed by atoms with Crippen LogP contribution in [-0.2, 0) is 14.3 Å². The van der Waals surface area contributed by atoms with Gasteiger partial charge in [0.1, 0.15) is 28.3 Å². The lowest BCUT2D eigenvalue weighted by Gasteiger charge is -2.20. The number of methoxy groups -OCH3 is 1. The molecular formula is C32H30F2N6O7. The summed E-state index contributed by atoms with van der Waals surface area (Å²) < 4.78 is 44.6. The Balaban J connectivity index is 1.30. The minimum Gasteiger partial charge on any atom is -0.496 e. The number of carbonyl (C=O) groups is 4. The van der Waals surface area contributed by atoms with Crippen molar-refractivity contribution < 1.29 is 42.2 Å². The van der Waals surface area contributed by atoms with Gasteiger partial charge >= 0.3 is 6.09 Å². The number of benzene rings is 2. The highest BCUT2D eigenvalue weighted by Gasteiger charge is 2.56. The number of hydrogen-bond acceptors (Lipinski definition) is 9. The van der Waals surface area contributed by atoms with Crippen LogP contribution >= 0.6 is 0 Å². The molecule has 5 rings (SSSR count). The minimum atomic E-state index is -1.36. The molecule has 1 saturated carbocycles. The van der Waals surface area contributed by atoms with Gasteiger partial charge in [-0.3, -0.25) is 24.8 Å². The second-order valence-electron chi connectivity index (χ2n) is 11.6. The average molecular weight is 649 g/mol. The SMILES string of the molecule is COc1cc2nccc(Oc3ncc(NC(=O)C4(C(=O)Nc5ccc(F)cc5)CC4)cc3F)c2cc1C(=O)NNC(=O)OC(C)(C)C. The number of hydrogen-bond donors (Lipinski definition) is 4. The monoisotopic (exact) mass is 648 g/mol. The molecule has 2 aromatic heterocycles. The van der Waals surface area contributed by atoms with E-state index in [1.54, 1.807) is 20.8 Å². The first-order chi connectivity index (χ1) is 22.3. The molecule has 0 bridgehead atoms. The van der Waals surface area contributed by atoms with Crippen molar-refractivity contribution in [1.82, 2.24) is 20.8 Å². The third-order valence-corrected chi connectivity index (χ3v) is 6.94. The first-order valence-electron chi connectivity index (χ1n) is 14.3. The van der Waals surface area contributed by atoms with Gasteiger partial charge in [-0.1, -0.05) is 0 Å². The van der Waals surface area contributed by atoms with Gasteiger partial charge in [-0.2, -0.15) is 0 Å². The first-order valence-corrected chi connectivity index (χ1v) is 14.3. The molecule has 4 amide bonds. The molecule has 244 valence electrons. The molecule has 1 aliphatic rings. The smallest absolute Gasteiger partial charge is 0.426 e. The molecule has 0 atom stereocenters. The lowest BCUT2D eigenvalue weighted by Crippen LogP contribution is -2.44. The van der Waals surface area contributed by atoms with Crippen LogP contribution in [-0.4, -0.2) is 46.5 Å². The number of halogens is 2. The number of anilines is 2. The number of hydrazine groups is 1. The standard InChI is InChI=1S/C32H30F2N6O7/c1-31(2,3)47-30(44)40-39-26(41)21-14-20-23(15-25(21)45-4)35-12-9-24(20)46-27-22(34)13-19(16-36-27)38-29(43)32(10-11-32)28(42)37-18-7-5-17(33)6-8-18/h5-9,12-16H,10-11H2,1-4H3,(H,37,42)(H,38,43)(H,39,41)(H,40,44). The molecule has 0 unspecified atom stereocenters. The van der Waals surface area contributed by atoms with Crippen molar-refractivity contribution in [1.29, 1.82) is 0 Å². The maximum absolute atomic E-state index is 15.2. The summed E-state index contributed by atoms with van der Waals surface area (Å²) in [7, 11) is 1.35. The molecule has 2 heterocycles. The topological polar surface area (TPSA) is 170 Å². The predicted octanol–water partition coefficient (Wildman–Crippen LogP) is 5.24. The van der Waals surface area contributed by atoms with E-state index in [-0.39, 0.29) is 41.0 Å². The Morgan fingerprint density at radius 2 is 1.53 bits per heavy atom. The molecule has 0 aliphatic heterocycles. The van der Waals surface area contributed by atoms with Crippen LogP contribution in [0.5, 0.6) is 17.4 Å². The fourth-order valence-corrected chi connectivity index (χ4v) is 4.45. The third kappa shape index (κ3) is 7.52. The van der Waals surface area contributed by atoms with E-state index in [0.29, 0.717) is 11.2 Å². The van der Waals surface area contributed by atoms with Crippen LogP contribution in [0.4, 0.5) is 25.0 Å². The summed E-state index contributed by atoms with van der Waals surface area (Å²) in [5.41, 5.74) is 2.92. The highest BCUT2D eigenvalue weighted by Crippen LogP contribution is 2.47. The van der Waals surface area contributed by atoms with Gasteiger partial charge in [0.05, 0.1) is 30.1 Å². The molecule has 0 radical (unpaired) electrons. The van der Waals surface area contributed by atoms with Crippen LogP contribution in [0.15, 0.2) is 60.9 Å². The highest BCUT2D eigenvalue weighted by atomic mass is 19.1. The number of aromatic nitrogens is 2. The van der Waals surface area contributed by atoms with E-state index in [1.807, 2.05) is 0 Å². The number of rotatable bonds is 8. The number of carbonyl (C=O) groups excluding carboxylic acids is 4. The van der Waals surface area contributed by atoms with E-state index in [1.165, 1.54) is 55.8 Å². The van der Waals surface area contributed by atoms with Crippen molar-refractivity contribution in [2.75, 3.05) is 17.7 Å². The molecule has 47 heavy (non-hydrogen) atoms. The number of nitrogens with zero attached hydrogens (tertiary/aromatic N) is 2. The van der Waals surface area contributed by atoms with Crippen LogP contribution in [0.2, 0.25) is 0 Å². The van der Waals surface area contributed by atoms with Crippen molar-refractivity contribution in [2.24, 2.45) is 5.41 Å². The number of pyridine rings is 2. The van der Waals surface area contributed by atoms with E-state index < -0.39 is 52.3 Å². The number of fused-ring (bicyclic) bond motifs is 1. The van der Waals surface area contributed by atoms with Gasteiger partial charge in [0, 0.05) is 29.4 Å². The Morgan fingerprint density at radius 3 is 2.15 bits per heavy atom. The summed E-state index contributed by atoms with van der Waals surface area (Å²) in [6, 6.07) is 10.4. The minimum absolute atomic E-state index is 0.00197. The third-order valence-electron chi connectivity index (χ3n) is 6.94. The normalized spacial score (nSPS) is 13.2. The molecule has 4 aromatic rings. The molecule has 2 aromatic carbocycles. The molecule has 0 saturated heterocycles. The Bertz CT molecular complexity index is 1870. The van der Waals surface area contributed by atoms with Crippen LogP contribution in [0.1, 0.15) is 44.0 Å². The van der Waals surface area contributed by atoms with Gasteiger partial charge in [-0.15, -0.1) is 0 Å². The lowest BCUT2D eigenvalue weighted by molar-refractivity contribution is -0.131. The quantitative estimate of drug-likeness (QED) is 0.147. The van der Waals surface area contributed by atoms with Gasteiger partial charge < -0.3 is 24.8 Å². The fourth-order valence-electron chi connectivity index (χ4n) is 4.45. The van der Waals surface area contributed by atoms with E-state index in [0.717, 1.165) is 12.3 Å². The lowest BCUT2D eigenvalue weighted by atomic mass is 10.0. The van der Waals surface area contributed by atoms with Gasteiger partial charge in [0.15, 0.2) is 5.82 Å². The Labute approximate surface area is 267 Å². The summed E-state index contributed by atoms with van der Waals surface area (Å²) in [6.45, 7) is 5.00. The number of amides is 4. The molecule has 13 nitrogen and oxygen atoms in total. The Hall–Kier alpha value is -5.86. The second-order valence-corrected chi connectivity index (χ2v) is 11.6. The predicted molar refractivity (Wildman–Crippen MR) is 165 cm³/mol. The molecule has 15 heteroatoms. The number of nitrogens with one attached hydrogen (secondary N) is 4. The Morgan fingerprint density at radius 1 is 0.851 bits per heavy atom. The van der Waals surface area contributed by atoms with Crippen LogP contribution < -0.4 is 31.0 Å². The van der Waals surface area contributed by atoms with Crippen molar-refractivity contribution >= 4 is 46.1 Å². The van der Waals surface area contributed by atoms with Crippen LogP contribution in [0.3, 0.4) is 0 Å². The fraction of sp³-hybridized carbons (Fsp3) is 0.250. The molecule has 1 aliphatic carbocycles. The van der Waals surface area contributed by atoms with Crippen molar-refractivity contribution in [3.8, 4) is 17.4 Å². The molecule has 1 fully saturated rings. The van der Waals surface area contributed by atoms with Gasteiger partial charge in [-0.05, 0) is 70.0 Å². The van der Waals surface area contributed by atoms with Crippen molar-refractivity contribution in [3.63, 3.8) is 0 Å². The zero-order chi connectivity index (χ0) is 33.9. The van der Waals surface area contributed by atoms with Gasteiger partial charge in [0.25, 0.3) is 11.8 Å². The highest BCUT2D eigenvalue weighted by molar-refractivity contribution is 6.16. The Kier molecular flexibility index (Phi) is 8.90. The summed E-state index contributed by atoms with van der Waals surface area (Å²) in [5.74, 6) is -3.57. The zero-order valence-corrected chi connectivity index (χ0v) is 25.7. The van der Waals surface area contributed by atoms with Crippen molar-refractivity contribution in [2.45, 2.75) is 39.2 Å². The summed E-state index contributed by atoms with van der Waals surface area (Å²) >= 11 is 0. The summed E-state index contributed by atoms with van der Waals surface area (Å²) in [5, 5.41) is 5.41. The first kappa shape index (κ1) is 32.5. The summed E-state index contributed by atoms with van der Waals surface area (Å²) in [4.78, 5) is 59.0. The van der Waals surface area contributed by atoms with Crippen molar-refractivity contribution in [3.05, 3.63) is 78.1 Å². The average Bonchev–Trinajstić information content (AvgIpc) is 3.83. The summed E-state index contributed by atoms with van der Waals surface area (Å²) in [6.07, 6.45) is 2.25. The van der Waals surface area contributed by atoms with Gasteiger partial charge in [0.2, 0.25) is 11.8 Å². The molecular weight excluding hydrogens is 618 g/mol. The van der Waals surface area contributed by atoms with Crippen LogP contribution in [0, 0.1) is 17.0 Å². The maximum atomic E-state index is 15.2. The van der Waals surface area contributed by atoms with E-state index >= 15 is 4.39 Å². The van der Waals surface area contributed by atoms with E-state index in [4.69, 9.17) is 14.2 Å². The maximum Gasteiger partial charge on any atom is 0.426 e. The molecule has 0 spiro atoms. The van der Waals surface area contributed by atoms with Crippen LogP contribution in [0.25, 0.3) is 10.9 Å². The van der Waals surface area contributed by atoms with E-state index in [2.05, 4.69) is 31.5 Å². The van der Waals surface area contributed by atoms with E-state index in [9.17, 15) is 23.6 Å². The second kappa shape index (κ2) is 12.9.